The molecular formula is C13H16BrN3O3. The van der Waals surface area contributed by atoms with Gasteiger partial charge in [0.15, 0.2) is 0 Å². The van der Waals surface area contributed by atoms with Gasteiger partial charge >= 0.3 is 0 Å². The van der Waals surface area contributed by atoms with Gasteiger partial charge in [-0.25, -0.2) is 0 Å². The summed E-state index contributed by atoms with van der Waals surface area (Å²) >= 11 is 3.24. The van der Waals surface area contributed by atoms with Crippen LogP contribution in [-0.2, 0) is 11.3 Å². The van der Waals surface area contributed by atoms with Gasteiger partial charge < -0.3 is 10.2 Å². The maximum atomic E-state index is 11.4. The number of likely N-dealkylation sites (N-methyl/N-ethyl adjacent to an activating group) is 1. The second kappa shape index (κ2) is 6.32. The third-order valence-corrected chi connectivity index (χ3v) is 3.95. The highest BCUT2D eigenvalue weighted by molar-refractivity contribution is 9.10. The first kappa shape index (κ1) is 14.9. The van der Waals surface area contributed by atoms with E-state index in [9.17, 15) is 14.9 Å². The number of carbonyl (C=O) groups is 1. The van der Waals surface area contributed by atoms with E-state index in [-0.39, 0.29) is 22.6 Å². The Morgan fingerprint density at radius 2 is 2.30 bits per heavy atom. The molecule has 1 fully saturated rings. The van der Waals surface area contributed by atoms with E-state index in [4.69, 9.17) is 0 Å². The Labute approximate surface area is 125 Å². The average molecular weight is 342 g/mol. The molecule has 1 amide bonds. The summed E-state index contributed by atoms with van der Waals surface area (Å²) in [6.07, 6.45) is 1.30. The van der Waals surface area contributed by atoms with Gasteiger partial charge in [0.05, 0.1) is 4.92 Å². The lowest BCUT2D eigenvalue weighted by Crippen LogP contribution is -2.46. The zero-order valence-electron chi connectivity index (χ0n) is 11.1. The topological polar surface area (TPSA) is 75.5 Å². The summed E-state index contributed by atoms with van der Waals surface area (Å²) in [4.78, 5) is 23.7. The van der Waals surface area contributed by atoms with E-state index in [1.165, 1.54) is 6.07 Å². The molecule has 1 aliphatic heterocycles. The molecule has 0 bridgehead atoms. The summed E-state index contributed by atoms with van der Waals surface area (Å²) in [6, 6.07) is 5.22. The van der Waals surface area contributed by atoms with Crippen molar-refractivity contribution in [2.75, 3.05) is 13.6 Å². The largest absolute Gasteiger partial charge is 0.344 e. The van der Waals surface area contributed by atoms with Gasteiger partial charge in [0.2, 0.25) is 5.91 Å². The lowest BCUT2D eigenvalue weighted by molar-refractivity contribution is -0.385. The number of likely N-dealkylation sites (tertiary alicyclic amines) is 1. The van der Waals surface area contributed by atoms with Gasteiger partial charge in [-0.1, -0.05) is 15.9 Å². The van der Waals surface area contributed by atoms with Crippen molar-refractivity contribution in [2.24, 2.45) is 0 Å². The minimum atomic E-state index is -0.377. The SMILES string of the molecule is CN1CC(NCc2ccc(Br)cc2[N+](=O)[O-])CCC1=O. The Morgan fingerprint density at radius 3 is 2.95 bits per heavy atom. The van der Waals surface area contributed by atoms with Gasteiger partial charge in [-0.05, 0) is 18.6 Å². The number of amides is 1. The Kier molecular flexibility index (Phi) is 4.72. The first-order valence-electron chi connectivity index (χ1n) is 6.37. The maximum Gasteiger partial charge on any atom is 0.275 e. The standard InChI is InChI=1S/C13H16BrN3O3/c1-16-8-11(4-5-13(16)18)15-7-9-2-3-10(14)6-12(9)17(19)20/h2-3,6,11,15H,4-5,7-8H2,1H3. The number of hydrogen-bond donors (Lipinski definition) is 1. The molecule has 0 saturated carbocycles. The number of nitrogens with zero attached hydrogens (tertiary/aromatic N) is 2. The van der Waals surface area contributed by atoms with Crippen molar-refractivity contribution in [1.82, 2.24) is 10.2 Å². The van der Waals surface area contributed by atoms with Crippen LogP contribution >= 0.6 is 15.9 Å². The molecule has 1 heterocycles. The summed E-state index contributed by atoms with van der Waals surface area (Å²) in [6.45, 7) is 1.07. The van der Waals surface area contributed by atoms with Gasteiger partial charge in [0.25, 0.3) is 5.69 Å². The fourth-order valence-corrected chi connectivity index (χ4v) is 2.64. The maximum absolute atomic E-state index is 11.4. The quantitative estimate of drug-likeness (QED) is 0.671. The van der Waals surface area contributed by atoms with Crippen LogP contribution in [0.5, 0.6) is 0 Å². The van der Waals surface area contributed by atoms with Gasteiger partial charge in [-0.15, -0.1) is 0 Å². The zero-order valence-corrected chi connectivity index (χ0v) is 12.7. The van der Waals surface area contributed by atoms with Crippen LogP contribution in [0.4, 0.5) is 5.69 Å². The van der Waals surface area contributed by atoms with E-state index >= 15 is 0 Å². The van der Waals surface area contributed by atoms with Crippen LogP contribution in [-0.4, -0.2) is 35.4 Å². The van der Waals surface area contributed by atoms with Crippen LogP contribution in [0.1, 0.15) is 18.4 Å². The van der Waals surface area contributed by atoms with Crippen LogP contribution in [0.25, 0.3) is 0 Å². The Bertz CT molecular complexity index is 536. The molecular weight excluding hydrogens is 326 g/mol. The van der Waals surface area contributed by atoms with E-state index in [1.54, 1.807) is 24.1 Å². The number of nitrogens with one attached hydrogen (secondary N) is 1. The minimum absolute atomic E-state index is 0.104. The number of piperidine rings is 1. The first-order valence-corrected chi connectivity index (χ1v) is 7.17. The monoisotopic (exact) mass is 341 g/mol. The molecule has 0 aromatic heterocycles. The smallest absolute Gasteiger partial charge is 0.275 e. The minimum Gasteiger partial charge on any atom is -0.344 e. The highest BCUT2D eigenvalue weighted by Crippen LogP contribution is 2.23. The Hall–Kier alpha value is -1.47. The number of benzene rings is 1. The van der Waals surface area contributed by atoms with Crippen LogP contribution in [0, 0.1) is 10.1 Å². The van der Waals surface area contributed by atoms with Gasteiger partial charge in [-0.3, -0.25) is 14.9 Å². The Morgan fingerprint density at radius 1 is 1.55 bits per heavy atom. The van der Waals surface area contributed by atoms with Crippen LogP contribution < -0.4 is 5.32 Å². The predicted molar refractivity (Wildman–Crippen MR) is 78.3 cm³/mol. The summed E-state index contributed by atoms with van der Waals surface area (Å²) in [7, 11) is 1.78. The number of halogens is 1. The van der Waals surface area contributed by atoms with Crippen molar-refractivity contribution in [1.29, 1.82) is 0 Å². The normalized spacial score (nSPS) is 19.2. The second-order valence-corrected chi connectivity index (χ2v) is 5.84. The van der Waals surface area contributed by atoms with E-state index < -0.39 is 0 Å². The molecule has 1 unspecified atom stereocenters. The molecule has 0 radical (unpaired) electrons. The van der Waals surface area contributed by atoms with E-state index in [1.807, 2.05) is 0 Å². The third kappa shape index (κ3) is 3.55. The summed E-state index contributed by atoms with van der Waals surface area (Å²) < 4.78 is 0.691. The van der Waals surface area contributed by atoms with E-state index in [2.05, 4.69) is 21.2 Å². The van der Waals surface area contributed by atoms with Crippen molar-refractivity contribution >= 4 is 27.5 Å². The molecule has 108 valence electrons. The Balaban J connectivity index is 2.01. The van der Waals surface area contributed by atoms with Crippen molar-refractivity contribution in [3.05, 3.63) is 38.3 Å². The highest BCUT2D eigenvalue weighted by atomic mass is 79.9. The number of nitro groups is 1. The van der Waals surface area contributed by atoms with Gasteiger partial charge in [0.1, 0.15) is 0 Å². The molecule has 6 nitrogen and oxygen atoms in total. The highest BCUT2D eigenvalue weighted by Gasteiger charge is 2.23. The number of carbonyl (C=O) groups excluding carboxylic acids is 1. The molecule has 7 heteroatoms. The third-order valence-electron chi connectivity index (χ3n) is 3.45. The summed E-state index contributed by atoms with van der Waals surface area (Å²) in [5, 5.41) is 14.3. The molecule has 0 spiro atoms. The fourth-order valence-electron chi connectivity index (χ4n) is 2.29. The molecule has 1 aromatic rings. The average Bonchev–Trinajstić information content (AvgIpc) is 2.41. The molecule has 0 aliphatic carbocycles. The molecule has 1 aliphatic rings. The molecule has 20 heavy (non-hydrogen) atoms. The van der Waals surface area contributed by atoms with Gasteiger partial charge in [0, 0.05) is 48.7 Å². The van der Waals surface area contributed by atoms with E-state index in [0.717, 1.165) is 6.42 Å². The van der Waals surface area contributed by atoms with Crippen LogP contribution in [0.15, 0.2) is 22.7 Å². The summed E-state index contributed by atoms with van der Waals surface area (Å²) in [5.74, 6) is 0.151. The van der Waals surface area contributed by atoms with Crippen molar-refractivity contribution in [3.63, 3.8) is 0 Å². The van der Waals surface area contributed by atoms with Crippen molar-refractivity contribution in [3.8, 4) is 0 Å². The van der Waals surface area contributed by atoms with Crippen LogP contribution in [0.3, 0.4) is 0 Å². The molecule has 1 atom stereocenters. The van der Waals surface area contributed by atoms with Gasteiger partial charge in [-0.2, -0.15) is 0 Å². The molecule has 1 N–H and O–H groups in total. The number of rotatable bonds is 4. The van der Waals surface area contributed by atoms with Crippen molar-refractivity contribution < 1.29 is 9.72 Å². The lowest BCUT2D eigenvalue weighted by atomic mass is 10.0. The lowest BCUT2D eigenvalue weighted by Gasteiger charge is -2.30. The van der Waals surface area contributed by atoms with E-state index in [0.29, 0.717) is 29.5 Å². The molecule has 2 rings (SSSR count). The fraction of sp³-hybridized carbons (Fsp3) is 0.462. The second-order valence-electron chi connectivity index (χ2n) is 4.92. The summed E-state index contributed by atoms with van der Waals surface area (Å²) in [5.41, 5.74) is 0.755. The molecule has 1 saturated heterocycles. The molecule has 1 aromatic carbocycles. The first-order chi connectivity index (χ1) is 9.47. The van der Waals surface area contributed by atoms with Crippen LogP contribution in [0.2, 0.25) is 0 Å². The zero-order chi connectivity index (χ0) is 14.7. The number of hydrogen-bond acceptors (Lipinski definition) is 4. The predicted octanol–water partition coefficient (Wildman–Crippen LogP) is 2.07. The number of nitro benzene ring substituents is 1. The van der Waals surface area contributed by atoms with Crippen molar-refractivity contribution in [2.45, 2.75) is 25.4 Å².